The molecule has 5 rings (SSSR count). The predicted molar refractivity (Wildman–Crippen MR) is 129 cm³/mol. The average Bonchev–Trinajstić information content (AvgIpc) is 2.91. The van der Waals surface area contributed by atoms with Crippen LogP contribution in [0.25, 0.3) is 0 Å². The Morgan fingerprint density at radius 3 is 2.61 bits per heavy atom. The fraction of sp³-hybridized carbons (Fsp3) is 0.320. The number of carbonyl (C=O) groups is 1. The highest BCUT2D eigenvalue weighted by atomic mass is 35.5. The summed E-state index contributed by atoms with van der Waals surface area (Å²) in [5, 5.41) is 25.6. The van der Waals surface area contributed by atoms with Gasteiger partial charge in [-0.2, -0.15) is 5.01 Å². The maximum atomic E-state index is 13.3. The molecule has 2 aromatic rings. The van der Waals surface area contributed by atoms with Gasteiger partial charge in [0.2, 0.25) is 0 Å². The third-order valence-corrected chi connectivity index (χ3v) is 8.00. The molecule has 1 fully saturated rings. The van der Waals surface area contributed by atoms with E-state index < -0.39 is 6.10 Å². The summed E-state index contributed by atoms with van der Waals surface area (Å²) in [7, 11) is 0. The highest BCUT2D eigenvalue weighted by Crippen LogP contribution is 2.51. The maximum Gasteiger partial charge on any atom is 0.276 e. The Kier molecular flexibility index (Phi) is 5.69. The van der Waals surface area contributed by atoms with Gasteiger partial charge in [-0.05, 0) is 55.7 Å². The molecule has 6 nitrogen and oxygen atoms in total. The number of nitrogens with zero attached hydrogens (tertiary/aromatic N) is 3. The van der Waals surface area contributed by atoms with Crippen molar-refractivity contribution in [2.24, 2.45) is 0 Å². The van der Waals surface area contributed by atoms with E-state index in [1.165, 1.54) is 6.08 Å². The molecular formula is C25H26ClN3O3S. The van der Waals surface area contributed by atoms with E-state index in [9.17, 15) is 15.0 Å². The number of aliphatic hydroxyl groups is 2. The molecule has 3 heterocycles. The zero-order valence-corrected chi connectivity index (χ0v) is 20.2. The lowest BCUT2D eigenvalue weighted by Crippen LogP contribution is -2.60. The molecule has 0 aromatic heterocycles. The summed E-state index contributed by atoms with van der Waals surface area (Å²) in [6, 6.07) is 13.8. The quantitative estimate of drug-likeness (QED) is 0.628. The smallest absolute Gasteiger partial charge is 0.276 e. The molecule has 3 atom stereocenters. The van der Waals surface area contributed by atoms with Crippen LogP contribution in [0.1, 0.15) is 48.8 Å². The van der Waals surface area contributed by atoms with Crippen molar-refractivity contribution in [1.82, 2.24) is 14.9 Å². The number of fused-ring (bicyclic) bond motifs is 3. The van der Waals surface area contributed by atoms with Crippen molar-refractivity contribution in [3.63, 3.8) is 0 Å². The minimum atomic E-state index is -1.22. The molecule has 3 unspecified atom stereocenters. The lowest BCUT2D eigenvalue weighted by Gasteiger charge is -2.50. The first kappa shape index (κ1) is 22.3. The van der Waals surface area contributed by atoms with E-state index in [0.717, 1.165) is 21.6 Å². The number of thioether (sulfide) groups is 1. The second-order valence-electron chi connectivity index (χ2n) is 8.76. The number of aliphatic hydroxyl groups excluding tert-OH is 2. The van der Waals surface area contributed by atoms with Crippen molar-refractivity contribution < 1.29 is 15.0 Å². The Balaban J connectivity index is 1.77. The lowest BCUT2D eigenvalue weighted by molar-refractivity contribution is -0.153. The van der Waals surface area contributed by atoms with Crippen molar-refractivity contribution in [1.29, 1.82) is 0 Å². The highest BCUT2D eigenvalue weighted by molar-refractivity contribution is 7.99. The summed E-state index contributed by atoms with van der Waals surface area (Å²) in [6.45, 7) is 6.36. The van der Waals surface area contributed by atoms with Crippen LogP contribution in [-0.2, 0) is 4.79 Å². The Bertz CT molecular complexity index is 1180. The molecule has 0 radical (unpaired) electrons. The molecule has 0 bridgehead atoms. The number of rotatable bonds is 2. The van der Waals surface area contributed by atoms with Crippen LogP contribution in [0.5, 0.6) is 0 Å². The van der Waals surface area contributed by atoms with Crippen LogP contribution in [0.4, 0.5) is 0 Å². The Morgan fingerprint density at radius 2 is 1.85 bits per heavy atom. The van der Waals surface area contributed by atoms with Gasteiger partial charge in [0, 0.05) is 27.4 Å². The number of amides is 1. The first-order valence-corrected chi connectivity index (χ1v) is 12.3. The monoisotopic (exact) mass is 483 g/mol. The van der Waals surface area contributed by atoms with Crippen LogP contribution in [-0.4, -0.2) is 49.9 Å². The van der Waals surface area contributed by atoms with E-state index in [1.54, 1.807) is 27.9 Å². The van der Waals surface area contributed by atoms with Gasteiger partial charge in [0.1, 0.15) is 6.10 Å². The molecule has 1 amide bonds. The first-order valence-electron chi connectivity index (χ1n) is 11.0. The molecular weight excluding hydrogens is 458 g/mol. The second-order valence-corrected chi connectivity index (χ2v) is 10.5. The second kappa shape index (κ2) is 8.40. The summed E-state index contributed by atoms with van der Waals surface area (Å²) < 4.78 is 0. The van der Waals surface area contributed by atoms with Crippen LogP contribution in [0, 0.1) is 0 Å². The summed E-state index contributed by atoms with van der Waals surface area (Å²) in [4.78, 5) is 16.2. The number of carbonyl (C=O) groups excluding carboxylic acids is 1. The third kappa shape index (κ3) is 3.54. The highest BCUT2D eigenvalue weighted by Gasteiger charge is 2.45. The van der Waals surface area contributed by atoms with Gasteiger partial charge in [-0.15, -0.1) is 11.8 Å². The van der Waals surface area contributed by atoms with Gasteiger partial charge in [-0.3, -0.25) is 9.80 Å². The van der Waals surface area contributed by atoms with Gasteiger partial charge in [0.15, 0.2) is 11.5 Å². The molecule has 0 spiro atoms. The van der Waals surface area contributed by atoms with Gasteiger partial charge < -0.3 is 15.1 Å². The lowest BCUT2D eigenvalue weighted by atomic mass is 9.92. The molecule has 8 heteroatoms. The standard InChI is InChI=1S/C25H26ClN3O3S/c1-14(2)27-13-29(28-12-11-19(30)24(31)23(28)25(27)32)22-17-7-4-5-10-20(17)33-15(3)16-8-6-9-18(26)21(16)22/h4-12,14-15,19,22,30-31H,13H2,1-3H3. The van der Waals surface area contributed by atoms with Gasteiger partial charge >= 0.3 is 0 Å². The SMILES string of the molecule is CC1Sc2ccccc2C(N2CN(C(C)C)C(=O)C3=C(O)C(O)C=CN32)c2c(Cl)cccc21. The van der Waals surface area contributed by atoms with E-state index in [0.29, 0.717) is 11.7 Å². The van der Waals surface area contributed by atoms with E-state index in [4.69, 9.17) is 11.6 Å². The molecule has 2 aromatic carbocycles. The third-order valence-electron chi connectivity index (χ3n) is 6.44. The average molecular weight is 484 g/mol. The number of hydrazine groups is 1. The minimum Gasteiger partial charge on any atom is -0.507 e. The van der Waals surface area contributed by atoms with E-state index in [1.807, 2.05) is 38.1 Å². The summed E-state index contributed by atoms with van der Waals surface area (Å²) in [5.74, 6) is -0.659. The maximum absolute atomic E-state index is 13.3. The summed E-state index contributed by atoms with van der Waals surface area (Å²) >= 11 is 8.65. The Morgan fingerprint density at radius 1 is 1.12 bits per heavy atom. The van der Waals surface area contributed by atoms with Crippen molar-refractivity contribution >= 4 is 29.3 Å². The topological polar surface area (TPSA) is 67.2 Å². The van der Waals surface area contributed by atoms with E-state index in [-0.39, 0.29) is 34.7 Å². The van der Waals surface area contributed by atoms with Crippen molar-refractivity contribution in [3.8, 4) is 0 Å². The fourth-order valence-corrected chi connectivity index (χ4v) is 6.24. The van der Waals surface area contributed by atoms with Gasteiger partial charge in [0.25, 0.3) is 5.91 Å². The fourth-order valence-electron chi connectivity index (χ4n) is 4.77. The van der Waals surface area contributed by atoms with Crippen LogP contribution in [0.3, 0.4) is 0 Å². The van der Waals surface area contributed by atoms with E-state index >= 15 is 0 Å². The van der Waals surface area contributed by atoms with Gasteiger partial charge in [-0.1, -0.05) is 41.9 Å². The predicted octanol–water partition coefficient (Wildman–Crippen LogP) is 4.98. The van der Waals surface area contributed by atoms with Crippen LogP contribution in [0.15, 0.2) is 71.1 Å². The number of halogens is 1. The summed E-state index contributed by atoms with van der Waals surface area (Å²) in [5.41, 5.74) is 3.27. The molecule has 33 heavy (non-hydrogen) atoms. The van der Waals surface area contributed by atoms with Crippen LogP contribution in [0.2, 0.25) is 5.02 Å². The molecule has 3 aliphatic heterocycles. The van der Waals surface area contributed by atoms with Crippen LogP contribution >= 0.6 is 23.4 Å². The molecule has 0 saturated carbocycles. The zero-order valence-electron chi connectivity index (χ0n) is 18.6. The normalized spacial score (nSPS) is 25.2. The zero-order chi connectivity index (χ0) is 23.4. The molecule has 3 aliphatic rings. The van der Waals surface area contributed by atoms with Gasteiger partial charge in [0.05, 0.1) is 12.7 Å². The van der Waals surface area contributed by atoms with Gasteiger partial charge in [-0.25, -0.2) is 0 Å². The molecule has 172 valence electrons. The number of benzene rings is 2. The summed E-state index contributed by atoms with van der Waals surface area (Å²) in [6.07, 6.45) is 1.93. The molecule has 2 N–H and O–H groups in total. The Labute approximate surface area is 202 Å². The Hall–Kier alpha value is -2.45. The van der Waals surface area contributed by atoms with Crippen LogP contribution < -0.4 is 0 Å². The minimum absolute atomic E-state index is 0.0704. The number of hydrogen-bond acceptors (Lipinski definition) is 6. The van der Waals surface area contributed by atoms with E-state index in [2.05, 4.69) is 30.1 Å². The van der Waals surface area contributed by atoms with Crippen molar-refractivity contribution in [2.45, 2.75) is 49.1 Å². The number of hydrogen-bond donors (Lipinski definition) is 2. The molecule has 0 aliphatic carbocycles. The van der Waals surface area contributed by atoms with Crippen molar-refractivity contribution in [2.75, 3.05) is 6.67 Å². The first-order chi connectivity index (χ1) is 15.8. The molecule has 1 saturated heterocycles. The van der Waals surface area contributed by atoms with Crippen molar-refractivity contribution in [3.05, 3.63) is 87.9 Å². The largest absolute Gasteiger partial charge is 0.507 e.